The molecule has 1 atom stereocenters. The van der Waals surface area contributed by atoms with Gasteiger partial charge in [-0.05, 0) is 11.6 Å². The Morgan fingerprint density at radius 1 is 1.23 bits per heavy atom. The van der Waals surface area contributed by atoms with E-state index in [1.807, 2.05) is 18.2 Å². The van der Waals surface area contributed by atoms with Crippen LogP contribution in [0.5, 0.6) is 5.75 Å². The molecular weight excluding hydrogens is 164 g/mol. The third-order valence-electron chi connectivity index (χ3n) is 2.09. The van der Waals surface area contributed by atoms with E-state index < -0.39 is 0 Å². The molecule has 0 saturated carbocycles. The fraction of sp³-hybridized carbons (Fsp3) is 0.455. The second kappa shape index (κ2) is 4.87. The van der Waals surface area contributed by atoms with E-state index in [1.54, 1.807) is 14.2 Å². The summed E-state index contributed by atoms with van der Waals surface area (Å²) >= 11 is 0. The summed E-state index contributed by atoms with van der Waals surface area (Å²) < 4.78 is 10.4. The molecule has 13 heavy (non-hydrogen) atoms. The Labute approximate surface area is 79.5 Å². The average Bonchev–Trinajstić information content (AvgIpc) is 2.18. The van der Waals surface area contributed by atoms with Gasteiger partial charge in [0.2, 0.25) is 0 Å². The van der Waals surface area contributed by atoms with Crippen molar-refractivity contribution >= 4 is 0 Å². The standard InChI is InChI=1S/C11H16O2/c1-9(8-12-2)10-6-4-5-7-11(10)13-3/h4-7,9H,8H2,1-3H3. The van der Waals surface area contributed by atoms with Crippen LogP contribution < -0.4 is 4.74 Å². The minimum Gasteiger partial charge on any atom is -0.496 e. The van der Waals surface area contributed by atoms with Crippen molar-refractivity contribution in [3.63, 3.8) is 0 Å². The third kappa shape index (κ3) is 2.46. The van der Waals surface area contributed by atoms with Crippen molar-refractivity contribution in [2.75, 3.05) is 20.8 Å². The van der Waals surface area contributed by atoms with Gasteiger partial charge in [-0.1, -0.05) is 25.1 Å². The van der Waals surface area contributed by atoms with Crippen LogP contribution >= 0.6 is 0 Å². The molecule has 0 aliphatic carbocycles. The average molecular weight is 180 g/mol. The lowest BCUT2D eigenvalue weighted by atomic mass is 10.0. The lowest BCUT2D eigenvalue weighted by Gasteiger charge is -2.14. The molecule has 72 valence electrons. The molecule has 0 radical (unpaired) electrons. The molecule has 1 aromatic carbocycles. The second-order valence-electron chi connectivity index (χ2n) is 3.10. The monoisotopic (exact) mass is 180 g/mol. The van der Waals surface area contributed by atoms with Crippen molar-refractivity contribution in [1.29, 1.82) is 0 Å². The van der Waals surface area contributed by atoms with Crippen LogP contribution in [0.2, 0.25) is 0 Å². The van der Waals surface area contributed by atoms with E-state index in [1.165, 1.54) is 5.56 Å². The first kappa shape index (κ1) is 10.1. The molecule has 2 heteroatoms. The normalized spacial score (nSPS) is 12.5. The van der Waals surface area contributed by atoms with E-state index in [2.05, 4.69) is 13.0 Å². The molecule has 0 spiro atoms. The summed E-state index contributed by atoms with van der Waals surface area (Å²) in [5.74, 6) is 1.31. The Morgan fingerprint density at radius 3 is 2.54 bits per heavy atom. The molecule has 0 aliphatic heterocycles. The molecule has 0 bridgehead atoms. The van der Waals surface area contributed by atoms with E-state index >= 15 is 0 Å². The summed E-state index contributed by atoms with van der Waals surface area (Å²) in [4.78, 5) is 0. The first-order valence-electron chi connectivity index (χ1n) is 4.41. The Balaban J connectivity index is 2.85. The maximum atomic E-state index is 5.26. The lowest BCUT2D eigenvalue weighted by Crippen LogP contribution is -2.03. The third-order valence-corrected chi connectivity index (χ3v) is 2.09. The van der Waals surface area contributed by atoms with Gasteiger partial charge in [0.25, 0.3) is 0 Å². The Kier molecular flexibility index (Phi) is 3.77. The number of benzene rings is 1. The molecule has 1 unspecified atom stereocenters. The number of hydrogen-bond donors (Lipinski definition) is 0. The SMILES string of the molecule is COCC(C)c1ccccc1OC. The molecule has 0 fully saturated rings. The van der Waals surface area contributed by atoms with Crippen molar-refractivity contribution in [2.45, 2.75) is 12.8 Å². The maximum absolute atomic E-state index is 5.26. The maximum Gasteiger partial charge on any atom is 0.122 e. The molecular formula is C11H16O2. The van der Waals surface area contributed by atoms with Crippen LogP contribution in [-0.4, -0.2) is 20.8 Å². The van der Waals surface area contributed by atoms with Crippen molar-refractivity contribution < 1.29 is 9.47 Å². The first-order chi connectivity index (χ1) is 6.29. The van der Waals surface area contributed by atoms with E-state index in [-0.39, 0.29) is 0 Å². The number of methoxy groups -OCH3 is 2. The molecule has 0 aromatic heterocycles. The largest absolute Gasteiger partial charge is 0.496 e. The number of rotatable bonds is 4. The zero-order chi connectivity index (χ0) is 9.68. The quantitative estimate of drug-likeness (QED) is 0.708. The summed E-state index contributed by atoms with van der Waals surface area (Å²) in [6, 6.07) is 8.04. The van der Waals surface area contributed by atoms with Gasteiger partial charge in [0.05, 0.1) is 13.7 Å². The zero-order valence-electron chi connectivity index (χ0n) is 8.41. The van der Waals surface area contributed by atoms with E-state index in [0.717, 1.165) is 12.4 Å². The summed E-state index contributed by atoms with van der Waals surface area (Å²) in [5, 5.41) is 0. The van der Waals surface area contributed by atoms with Gasteiger partial charge in [-0.3, -0.25) is 0 Å². The van der Waals surface area contributed by atoms with Crippen LogP contribution in [0.15, 0.2) is 24.3 Å². The highest BCUT2D eigenvalue weighted by Gasteiger charge is 2.09. The molecule has 1 aromatic rings. The van der Waals surface area contributed by atoms with Crippen LogP contribution in [0.4, 0.5) is 0 Å². The molecule has 0 aliphatic rings. The minimum atomic E-state index is 0.376. The van der Waals surface area contributed by atoms with Crippen molar-refractivity contribution in [3.8, 4) is 5.75 Å². The van der Waals surface area contributed by atoms with Crippen LogP contribution in [0.1, 0.15) is 18.4 Å². The van der Waals surface area contributed by atoms with Crippen LogP contribution in [-0.2, 0) is 4.74 Å². The second-order valence-corrected chi connectivity index (χ2v) is 3.10. The molecule has 2 nitrogen and oxygen atoms in total. The van der Waals surface area contributed by atoms with Gasteiger partial charge in [-0.2, -0.15) is 0 Å². The fourth-order valence-corrected chi connectivity index (χ4v) is 1.41. The van der Waals surface area contributed by atoms with Gasteiger partial charge in [0.1, 0.15) is 5.75 Å². The predicted molar refractivity (Wildman–Crippen MR) is 53.3 cm³/mol. The highest BCUT2D eigenvalue weighted by atomic mass is 16.5. The zero-order valence-corrected chi connectivity index (χ0v) is 8.41. The van der Waals surface area contributed by atoms with Crippen molar-refractivity contribution in [1.82, 2.24) is 0 Å². The van der Waals surface area contributed by atoms with E-state index in [0.29, 0.717) is 5.92 Å². The van der Waals surface area contributed by atoms with Gasteiger partial charge in [0.15, 0.2) is 0 Å². The molecule has 0 heterocycles. The predicted octanol–water partition coefficient (Wildman–Crippen LogP) is 2.45. The van der Waals surface area contributed by atoms with Gasteiger partial charge >= 0.3 is 0 Å². The van der Waals surface area contributed by atoms with Gasteiger partial charge in [-0.25, -0.2) is 0 Å². The Bertz CT molecular complexity index is 258. The summed E-state index contributed by atoms with van der Waals surface area (Å²) in [7, 11) is 3.41. The van der Waals surface area contributed by atoms with Gasteiger partial charge < -0.3 is 9.47 Å². The number of ether oxygens (including phenoxy) is 2. The van der Waals surface area contributed by atoms with Crippen molar-refractivity contribution in [3.05, 3.63) is 29.8 Å². The van der Waals surface area contributed by atoms with Crippen molar-refractivity contribution in [2.24, 2.45) is 0 Å². The molecule has 0 amide bonds. The molecule has 0 N–H and O–H groups in total. The Hall–Kier alpha value is -1.02. The lowest BCUT2D eigenvalue weighted by molar-refractivity contribution is 0.183. The first-order valence-corrected chi connectivity index (χ1v) is 4.41. The molecule has 1 rings (SSSR count). The Morgan fingerprint density at radius 2 is 1.92 bits per heavy atom. The van der Waals surface area contributed by atoms with Crippen LogP contribution in [0.25, 0.3) is 0 Å². The topological polar surface area (TPSA) is 18.5 Å². The number of hydrogen-bond acceptors (Lipinski definition) is 2. The van der Waals surface area contributed by atoms with Crippen LogP contribution in [0, 0.1) is 0 Å². The summed E-state index contributed by atoms with van der Waals surface area (Å²) in [5.41, 5.74) is 1.20. The highest BCUT2D eigenvalue weighted by Crippen LogP contribution is 2.25. The number of para-hydroxylation sites is 1. The highest BCUT2D eigenvalue weighted by molar-refractivity contribution is 5.35. The minimum absolute atomic E-state index is 0.376. The van der Waals surface area contributed by atoms with Gasteiger partial charge in [-0.15, -0.1) is 0 Å². The van der Waals surface area contributed by atoms with Crippen LogP contribution in [0.3, 0.4) is 0 Å². The molecule has 0 saturated heterocycles. The summed E-state index contributed by atoms with van der Waals surface area (Å²) in [6.07, 6.45) is 0. The summed E-state index contributed by atoms with van der Waals surface area (Å²) in [6.45, 7) is 2.85. The fourth-order valence-electron chi connectivity index (χ4n) is 1.41. The smallest absolute Gasteiger partial charge is 0.122 e. The van der Waals surface area contributed by atoms with E-state index in [4.69, 9.17) is 9.47 Å². The van der Waals surface area contributed by atoms with Gasteiger partial charge in [0, 0.05) is 13.0 Å². The van der Waals surface area contributed by atoms with E-state index in [9.17, 15) is 0 Å².